The van der Waals surface area contributed by atoms with Crippen LogP contribution < -0.4 is 16.2 Å². The quantitative estimate of drug-likeness (QED) is 0.828. The van der Waals surface area contributed by atoms with Gasteiger partial charge in [0.1, 0.15) is 0 Å². The zero-order valence-corrected chi connectivity index (χ0v) is 14.2. The van der Waals surface area contributed by atoms with Crippen LogP contribution >= 0.6 is 28.3 Å². The maximum atomic E-state index is 12.3. The minimum atomic E-state index is -0.107. The monoisotopic (exact) mass is 375 g/mol. The van der Waals surface area contributed by atoms with Crippen molar-refractivity contribution >= 4 is 39.9 Å². The summed E-state index contributed by atoms with van der Waals surface area (Å²) >= 11 is 3.22. The molecule has 0 aromatic carbocycles. The number of anilines is 1. The number of amides is 1. The number of piperidine rings is 1. The normalized spacial score (nSPS) is 22.5. The molecule has 21 heavy (non-hydrogen) atoms. The lowest BCUT2D eigenvalue weighted by Gasteiger charge is -2.23. The highest BCUT2D eigenvalue weighted by Crippen LogP contribution is 2.58. The largest absolute Gasteiger partial charge is 0.324 e. The Balaban J connectivity index is 0.00000161. The Kier molecular flexibility index (Phi) is 4.80. The lowest BCUT2D eigenvalue weighted by molar-refractivity contribution is -0.118. The lowest BCUT2D eigenvalue weighted by atomic mass is 9.92. The van der Waals surface area contributed by atoms with Crippen LogP contribution in [0.15, 0.2) is 21.5 Å². The van der Waals surface area contributed by atoms with Crippen LogP contribution in [0.4, 0.5) is 5.69 Å². The molecule has 2 fully saturated rings. The summed E-state index contributed by atoms with van der Waals surface area (Å²) in [5.74, 6) is 0.207. The predicted molar refractivity (Wildman–Crippen MR) is 87.9 cm³/mol. The molecule has 1 unspecified atom stereocenters. The van der Waals surface area contributed by atoms with E-state index in [1.807, 2.05) is 0 Å². The van der Waals surface area contributed by atoms with Crippen LogP contribution in [0, 0.1) is 11.3 Å². The number of rotatable bonds is 2. The highest BCUT2D eigenvalue weighted by molar-refractivity contribution is 9.10. The highest BCUT2D eigenvalue weighted by Gasteiger charge is 2.57. The summed E-state index contributed by atoms with van der Waals surface area (Å²) in [4.78, 5) is 23.9. The van der Waals surface area contributed by atoms with E-state index in [0.717, 1.165) is 32.4 Å². The van der Waals surface area contributed by atoms with Crippen LogP contribution in [0.3, 0.4) is 0 Å². The van der Waals surface area contributed by atoms with Crippen LogP contribution in [0.5, 0.6) is 0 Å². The topological polar surface area (TPSA) is 63.1 Å². The number of pyridine rings is 1. The van der Waals surface area contributed by atoms with Gasteiger partial charge in [-0.25, -0.2) is 0 Å². The van der Waals surface area contributed by atoms with Gasteiger partial charge in [-0.15, -0.1) is 12.4 Å². The number of aromatic nitrogens is 1. The first-order valence-electron chi connectivity index (χ1n) is 6.90. The fourth-order valence-electron chi connectivity index (χ4n) is 3.16. The fourth-order valence-corrected chi connectivity index (χ4v) is 3.69. The third-order valence-electron chi connectivity index (χ3n) is 4.51. The Bertz CT molecular complexity index is 584. The van der Waals surface area contributed by atoms with Crippen molar-refractivity contribution in [2.75, 3.05) is 18.4 Å². The first-order valence-corrected chi connectivity index (χ1v) is 7.69. The van der Waals surface area contributed by atoms with Crippen molar-refractivity contribution in [3.05, 3.63) is 27.1 Å². The first-order chi connectivity index (χ1) is 9.52. The molecule has 1 aliphatic heterocycles. The van der Waals surface area contributed by atoms with E-state index < -0.39 is 0 Å². The average molecular weight is 377 g/mol. The molecule has 2 N–H and O–H groups in total. The number of nitrogens with zero attached hydrogens (tertiary/aromatic N) is 1. The molecule has 2 aliphatic rings. The zero-order chi connectivity index (χ0) is 14.3. The number of halogens is 2. The smallest absolute Gasteiger partial charge is 0.264 e. The van der Waals surface area contributed by atoms with Gasteiger partial charge in [-0.3, -0.25) is 9.59 Å². The van der Waals surface area contributed by atoms with E-state index >= 15 is 0 Å². The van der Waals surface area contributed by atoms with Gasteiger partial charge in [-0.2, -0.15) is 0 Å². The van der Waals surface area contributed by atoms with Crippen LogP contribution in [0.1, 0.15) is 19.3 Å². The third kappa shape index (κ3) is 3.17. The van der Waals surface area contributed by atoms with E-state index in [4.69, 9.17) is 0 Å². The van der Waals surface area contributed by atoms with Crippen LogP contribution in [-0.4, -0.2) is 23.6 Å². The van der Waals surface area contributed by atoms with Gasteiger partial charge in [0.15, 0.2) is 0 Å². The van der Waals surface area contributed by atoms with Crippen molar-refractivity contribution in [3.8, 4) is 0 Å². The van der Waals surface area contributed by atoms with Gasteiger partial charge < -0.3 is 15.2 Å². The molecule has 2 heterocycles. The average Bonchev–Trinajstić information content (AvgIpc) is 3.10. The van der Waals surface area contributed by atoms with Crippen molar-refractivity contribution in [1.82, 2.24) is 9.88 Å². The predicted octanol–water partition coefficient (Wildman–Crippen LogP) is 1.90. The minimum absolute atomic E-state index is 0. The number of carbonyl (C=O) groups excluding carboxylic acids is 1. The first kappa shape index (κ1) is 16.5. The summed E-state index contributed by atoms with van der Waals surface area (Å²) in [7, 11) is 1.67. The summed E-state index contributed by atoms with van der Waals surface area (Å²) in [6.45, 7) is 2.02. The third-order valence-corrected chi connectivity index (χ3v) is 5.08. The Morgan fingerprint density at radius 2 is 2.14 bits per heavy atom. The molecule has 1 amide bonds. The Labute approximate surface area is 138 Å². The molecule has 0 bridgehead atoms. The van der Waals surface area contributed by atoms with Crippen molar-refractivity contribution in [3.63, 3.8) is 0 Å². The van der Waals surface area contributed by atoms with Gasteiger partial charge in [-0.1, -0.05) is 0 Å². The molecular formula is C14H19BrClN3O2. The van der Waals surface area contributed by atoms with E-state index in [-0.39, 0.29) is 35.2 Å². The molecular weight excluding hydrogens is 358 g/mol. The maximum Gasteiger partial charge on any atom is 0.264 e. The number of nitrogens with one attached hydrogen (secondary N) is 2. The van der Waals surface area contributed by atoms with Crippen molar-refractivity contribution < 1.29 is 4.79 Å². The molecule has 3 rings (SSSR count). The molecule has 1 spiro atoms. The molecule has 1 aliphatic carbocycles. The van der Waals surface area contributed by atoms with Gasteiger partial charge in [-0.05, 0) is 59.8 Å². The minimum Gasteiger partial charge on any atom is -0.324 e. The summed E-state index contributed by atoms with van der Waals surface area (Å²) < 4.78 is 1.93. The molecule has 1 aromatic rings. The molecule has 116 valence electrons. The molecule has 1 atom stereocenters. The van der Waals surface area contributed by atoms with Crippen molar-refractivity contribution in [1.29, 1.82) is 0 Å². The standard InChI is InChI=1S/C14H18BrN3O2.ClH/c1-18-8-9(6-11(15)13(18)20)17-12(19)10-7-14(10)2-4-16-5-3-14;/h6,8,10,16H,2-5,7H2,1H3,(H,17,19);1H. The van der Waals surface area contributed by atoms with Crippen LogP contribution in [0.2, 0.25) is 0 Å². The van der Waals surface area contributed by atoms with Crippen molar-refractivity contribution in [2.45, 2.75) is 19.3 Å². The van der Waals surface area contributed by atoms with Gasteiger partial charge >= 0.3 is 0 Å². The molecule has 5 nitrogen and oxygen atoms in total. The highest BCUT2D eigenvalue weighted by atomic mass is 79.9. The van der Waals surface area contributed by atoms with Gasteiger partial charge in [0, 0.05) is 19.2 Å². The van der Waals surface area contributed by atoms with Gasteiger partial charge in [0.25, 0.3) is 5.56 Å². The number of carbonyl (C=O) groups is 1. The van der Waals surface area contributed by atoms with Crippen LogP contribution in [-0.2, 0) is 11.8 Å². The molecule has 0 radical (unpaired) electrons. The molecule has 1 saturated carbocycles. The summed E-state index contributed by atoms with van der Waals surface area (Å²) in [5.41, 5.74) is 0.789. The molecule has 7 heteroatoms. The Hall–Kier alpha value is -0.850. The van der Waals surface area contributed by atoms with E-state index in [1.165, 1.54) is 4.57 Å². The lowest BCUT2D eigenvalue weighted by Crippen LogP contribution is -2.31. The van der Waals surface area contributed by atoms with Crippen LogP contribution in [0.25, 0.3) is 0 Å². The van der Waals surface area contributed by atoms with E-state index in [9.17, 15) is 9.59 Å². The summed E-state index contributed by atoms with van der Waals surface area (Å²) in [6.07, 6.45) is 4.82. The van der Waals surface area contributed by atoms with Gasteiger partial charge in [0.2, 0.25) is 5.91 Å². The summed E-state index contributed by atoms with van der Waals surface area (Å²) in [5, 5.41) is 6.27. The zero-order valence-electron chi connectivity index (χ0n) is 11.8. The van der Waals surface area contributed by atoms with E-state index in [0.29, 0.717) is 10.2 Å². The molecule has 1 saturated heterocycles. The fraction of sp³-hybridized carbons (Fsp3) is 0.571. The van der Waals surface area contributed by atoms with Gasteiger partial charge in [0.05, 0.1) is 10.2 Å². The second-order valence-electron chi connectivity index (χ2n) is 5.85. The number of hydrogen-bond donors (Lipinski definition) is 2. The SMILES string of the molecule is Cl.Cn1cc(NC(=O)C2CC23CCNCC3)cc(Br)c1=O. The maximum absolute atomic E-state index is 12.3. The Morgan fingerprint density at radius 3 is 2.76 bits per heavy atom. The second-order valence-corrected chi connectivity index (χ2v) is 6.71. The van der Waals surface area contributed by atoms with E-state index in [2.05, 4.69) is 26.6 Å². The second kappa shape index (κ2) is 6.10. The van der Waals surface area contributed by atoms with E-state index in [1.54, 1.807) is 19.3 Å². The Morgan fingerprint density at radius 1 is 1.48 bits per heavy atom. The molecule has 1 aromatic heterocycles. The number of aryl methyl sites for hydroxylation is 1. The van der Waals surface area contributed by atoms with Crippen molar-refractivity contribution in [2.24, 2.45) is 18.4 Å². The summed E-state index contributed by atoms with van der Waals surface area (Å²) in [6, 6.07) is 1.66. The number of hydrogen-bond acceptors (Lipinski definition) is 3.